The molecule has 3 nitrogen and oxygen atoms in total. The first kappa shape index (κ1) is 15.9. The molecule has 108 valence electrons. The fourth-order valence-electron chi connectivity index (χ4n) is 3.16. The molecule has 0 heterocycles. The van der Waals surface area contributed by atoms with Gasteiger partial charge in [-0.05, 0) is 45.2 Å². The molecule has 1 saturated carbocycles. The van der Waals surface area contributed by atoms with Gasteiger partial charge >= 0.3 is 0 Å². The molecule has 18 heavy (non-hydrogen) atoms. The zero-order valence-electron chi connectivity index (χ0n) is 12.7. The van der Waals surface area contributed by atoms with Gasteiger partial charge < -0.3 is 15.0 Å². The van der Waals surface area contributed by atoms with Crippen molar-refractivity contribution in [3.05, 3.63) is 0 Å². The summed E-state index contributed by atoms with van der Waals surface area (Å²) >= 11 is 0. The smallest absolute Gasteiger partial charge is 0.0628 e. The minimum Gasteiger partial charge on any atom is -0.383 e. The molecule has 0 amide bonds. The Bertz CT molecular complexity index is 197. The van der Waals surface area contributed by atoms with Crippen molar-refractivity contribution in [1.82, 2.24) is 10.2 Å². The van der Waals surface area contributed by atoms with Crippen molar-refractivity contribution >= 4 is 0 Å². The second kappa shape index (κ2) is 8.89. The molecule has 1 rings (SSSR count). The van der Waals surface area contributed by atoms with Crippen LogP contribution < -0.4 is 5.32 Å². The lowest BCUT2D eigenvalue weighted by Crippen LogP contribution is -2.46. The third-order valence-corrected chi connectivity index (χ3v) is 4.39. The molecule has 0 bridgehead atoms. The van der Waals surface area contributed by atoms with E-state index in [1.165, 1.54) is 32.1 Å². The second-order valence-electron chi connectivity index (χ2n) is 5.73. The highest BCUT2D eigenvalue weighted by Gasteiger charge is 2.24. The molecule has 1 atom stereocenters. The van der Waals surface area contributed by atoms with Gasteiger partial charge in [-0.25, -0.2) is 0 Å². The summed E-state index contributed by atoms with van der Waals surface area (Å²) in [5.41, 5.74) is 0. The van der Waals surface area contributed by atoms with Crippen LogP contribution in [0.25, 0.3) is 0 Å². The van der Waals surface area contributed by atoms with E-state index in [0.29, 0.717) is 6.04 Å². The zero-order valence-corrected chi connectivity index (χ0v) is 12.7. The average Bonchev–Trinajstić information content (AvgIpc) is 2.39. The van der Waals surface area contributed by atoms with Crippen LogP contribution in [0.4, 0.5) is 0 Å². The van der Waals surface area contributed by atoms with Crippen molar-refractivity contribution in [2.75, 3.05) is 33.9 Å². The lowest BCUT2D eigenvalue weighted by atomic mass is 9.84. The van der Waals surface area contributed by atoms with E-state index in [1.807, 2.05) is 0 Å². The van der Waals surface area contributed by atoms with Crippen LogP contribution in [0.1, 0.15) is 46.0 Å². The van der Waals surface area contributed by atoms with Gasteiger partial charge in [-0.15, -0.1) is 0 Å². The molecule has 3 heteroatoms. The summed E-state index contributed by atoms with van der Waals surface area (Å²) in [5, 5.41) is 3.51. The largest absolute Gasteiger partial charge is 0.383 e. The van der Waals surface area contributed by atoms with E-state index in [9.17, 15) is 0 Å². The van der Waals surface area contributed by atoms with Crippen molar-refractivity contribution in [2.45, 2.75) is 58.0 Å². The van der Waals surface area contributed by atoms with Crippen molar-refractivity contribution in [3.8, 4) is 0 Å². The van der Waals surface area contributed by atoms with Gasteiger partial charge in [-0.1, -0.05) is 20.3 Å². The van der Waals surface area contributed by atoms with Crippen LogP contribution in [0.2, 0.25) is 0 Å². The van der Waals surface area contributed by atoms with E-state index in [0.717, 1.165) is 31.7 Å². The number of nitrogens with one attached hydrogen (secondary N) is 1. The number of ether oxygens (including phenoxy) is 1. The van der Waals surface area contributed by atoms with Gasteiger partial charge in [0.15, 0.2) is 0 Å². The highest BCUT2D eigenvalue weighted by atomic mass is 16.5. The number of hydrogen-bond acceptors (Lipinski definition) is 3. The second-order valence-corrected chi connectivity index (χ2v) is 5.73. The topological polar surface area (TPSA) is 24.5 Å². The Morgan fingerprint density at radius 1 is 1.22 bits per heavy atom. The molecule has 1 N–H and O–H groups in total. The molecular formula is C15H32N2O. The minimum absolute atomic E-state index is 0.467. The predicted molar refractivity (Wildman–Crippen MR) is 78.0 cm³/mol. The number of methoxy groups -OCH3 is 1. The van der Waals surface area contributed by atoms with Crippen LogP contribution in [0.3, 0.4) is 0 Å². The van der Waals surface area contributed by atoms with Crippen LogP contribution in [0, 0.1) is 5.92 Å². The van der Waals surface area contributed by atoms with Crippen molar-refractivity contribution in [1.29, 1.82) is 0 Å². The molecule has 0 aromatic carbocycles. The fraction of sp³-hybridized carbons (Fsp3) is 1.00. The van der Waals surface area contributed by atoms with Crippen molar-refractivity contribution in [3.63, 3.8) is 0 Å². The summed E-state index contributed by atoms with van der Waals surface area (Å²) in [6.07, 6.45) is 6.95. The number of nitrogens with zero attached hydrogens (tertiary/aromatic N) is 1. The maximum absolute atomic E-state index is 5.29. The molecule has 1 fully saturated rings. The zero-order chi connectivity index (χ0) is 13.4. The van der Waals surface area contributed by atoms with Gasteiger partial charge in [0.2, 0.25) is 0 Å². The number of hydrogen-bond donors (Lipinski definition) is 1. The highest BCUT2D eigenvalue weighted by molar-refractivity contribution is 4.80. The van der Waals surface area contributed by atoms with Gasteiger partial charge in [-0.2, -0.15) is 0 Å². The maximum Gasteiger partial charge on any atom is 0.0628 e. The quantitative estimate of drug-likeness (QED) is 0.722. The van der Waals surface area contributed by atoms with Gasteiger partial charge in [0.25, 0.3) is 0 Å². The van der Waals surface area contributed by atoms with E-state index in [-0.39, 0.29) is 0 Å². The van der Waals surface area contributed by atoms with Crippen LogP contribution in [-0.2, 0) is 4.74 Å². The number of likely N-dealkylation sites (N-methyl/N-ethyl adjacent to an activating group) is 2. The molecule has 0 aromatic rings. The third kappa shape index (κ3) is 5.25. The Morgan fingerprint density at radius 3 is 2.39 bits per heavy atom. The molecule has 0 aromatic heterocycles. The van der Waals surface area contributed by atoms with Gasteiger partial charge in [0, 0.05) is 25.7 Å². The van der Waals surface area contributed by atoms with E-state index < -0.39 is 0 Å². The van der Waals surface area contributed by atoms with Crippen LogP contribution in [0.15, 0.2) is 0 Å². The molecule has 0 spiro atoms. The molecule has 1 unspecified atom stereocenters. The van der Waals surface area contributed by atoms with E-state index in [2.05, 4.69) is 31.1 Å². The van der Waals surface area contributed by atoms with Crippen LogP contribution in [-0.4, -0.2) is 50.8 Å². The van der Waals surface area contributed by atoms with Crippen molar-refractivity contribution in [2.24, 2.45) is 5.92 Å². The molecule has 0 aliphatic heterocycles. The lowest BCUT2D eigenvalue weighted by Gasteiger charge is -2.36. The highest BCUT2D eigenvalue weighted by Crippen LogP contribution is 2.28. The Kier molecular flexibility index (Phi) is 7.87. The first-order chi connectivity index (χ1) is 8.71. The normalized spacial score (nSPS) is 26.5. The molecule has 1 aliphatic rings. The Balaban J connectivity index is 2.32. The standard InChI is InChI=1S/C15H32N2O/c1-5-13-7-9-15(10-8-13)17(3)11-14(12-18-4)16-6-2/h13-16H,5-12H2,1-4H3. The monoisotopic (exact) mass is 256 g/mol. The third-order valence-electron chi connectivity index (χ3n) is 4.39. The molecular weight excluding hydrogens is 224 g/mol. The Morgan fingerprint density at radius 2 is 1.89 bits per heavy atom. The first-order valence-electron chi connectivity index (χ1n) is 7.63. The van der Waals surface area contributed by atoms with Crippen molar-refractivity contribution < 1.29 is 4.74 Å². The molecule has 1 aliphatic carbocycles. The summed E-state index contributed by atoms with van der Waals surface area (Å²) in [6.45, 7) is 7.42. The SMILES string of the molecule is CCNC(COC)CN(C)C1CCC(CC)CC1. The van der Waals surface area contributed by atoms with Crippen LogP contribution in [0.5, 0.6) is 0 Å². The molecule has 0 radical (unpaired) electrons. The van der Waals surface area contributed by atoms with E-state index >= 15 is 0 Å². The summed E-state index contributed by atoms with van der Waals surface area (Å²) in [5.74, 6) is 0.984. The number of rotatable bonds is 8. The van der Waals surface area contributed by atoms with E-state index in [1.54, 1.807) is 7.11 Å². The summed E-state index contributed by atoms with van der Waals surface area (Å²) in [7, 11) is 4.06. The summed E-state index contributed by atoms with van der Waals surface area (Å²) in [4.78, 5) is 2.54. The molecule has 0 saturated heterocycles. The Hall–Kier alpha value is -0.120. The minimum atomic E-state index is 0.467. The lowest BCUT2D eigenvalue weighted by molar-refractivity contribution is 0.112. The van der Waals surface area contributed by atoms with Gasteiger partial charge in [0.1, 0.15) is 0 Å². The average molecular weight is 256 g/mol. The predicted octanol–water partition coefficient (Wildman–Crippen LogP) is 2.51. The summed E-state index contributed by atoms with van der Waals surface area (Å²) in [6, 6.07) is 1.25. The van der Waals surface area contributed by atoms with Crippen LogP contribution >= 0.6 is 0 Å². The maximum atomic E-state index is 5.29. The first-order valence-corrected chi connectivity index (χ1v) is 7.63. The fourth-order valence-corrected chi connectivity index (χ4v) is 3.16. The van der Waals surface area contributed by atoms with E-state index in [4.69, 9.17) is 4.74 Å². The van der Waals surface area contributed by atoms with Gasteiger partial charge in [-0.3, -0.25) is 0 Å². The van der Waals surface area contributed by atoms with Gasteiger partial charge in [0.05, 0.1) is 6.61 Å². The summed E-state index contributed by atoms with van der Waals surface area (Å²) < 4.78 is 5.29. The Labute approximate surface area is 113 Å².